The first-order valence-electron chi connectivity index (χ1n) is 8.69. The molecule has 1 aliphatic rings. The molecule has 1 aromatic carbocycles. The van der Waals surface area contributed by atoms with E-state index in [9.17, 15) is 4.79 Å². The molecule has 1 amide bonds. The molecule has 0 spiro atoms. The largest absolute Gasteiger partial charge is 0.497 e. The summed E-state index contributed by atoms with van der Waals surface area (Å²) in [6, 6.07) is 6.26. The summed E-state index contributed by atoms with van der Waals surface area (Å²) in [4.78, 5) is 14.7. The number of amides is 1. The molecular formula is C19H29NO3. The van der Waals surface area contributed by atoms with Crippen molar-refractivity contribution in [2.45, 2.75) is 57.9 Å². The van der Waals surface area contributed by atoms with Crippen LogP contribution in [0.1, 0.15) is 51.0 Å². The molecule has 0 aliphatic heterocycles. The lowest BCUT2D eigenvalue weighted by atomic mass is 9.94. The Labute approximate surface area is 139 Å². The minimum absolute atomic E-state index is 0.265. The van der Waals surface area contributed by atoms with Gasteiger partial charge in [0.2, 0.25) is 5.91 Å². The Morgan fingerprint density at radius 3 is 2.22 bits per heavy atom. The summed E-state index contributed by atoms with van der Waals surface area (Å²) in [7, 11) is 3.29. The Morgan fingerprint density at radius 2 is 1.70 bits per heavy atom. The quantitative estimate of drug-likeness (QED) is 0.767. The number of aryl methyl sites for hydroxylation is 1. The fraction of sp³-hybridized carbons (Fsp3) is 0.632. The Bertz CT molecular complexity index is 487. The van der Waals surface area contributed by atoms with Crippen molar-refractivity contribution in [2.24, 2.45) is 0 Å². The van der Waals surface area contributed by atoms with Crippen LogP contribution in [0.4, 0.5) is 0 Å². The standard InChI is InChI=1S/C19H29NO3/c1-4-20(16-8-6-5-7-9-16)19(21)11-10-15-12-17(22-2)14-18(13-15)23-3/h12-14,16H,4-11H2,1-3H3. The van der Waals surface area contributed by atoms with Crippen molar-refractivity contribution < 1.29 is 14.3 Å². The SMILES string of the molecule is CCN(C(=O)CCc1cc(OC)cc(OC)c1)C1CCCCC1. The highest BCUT2D eigenvalue weighted by molar-refractivity contribution is 5.76. The number of benzene rings is 1. The van der Waals surface area contributed by atoms with Crippen LogP contribution in [0.2, 0.25) is 0 Å². The van der Waals surface area contributed by atoms with Crippen molar-refractivity contribution in [2.75, 3.05) is 20.8 Å². The zero-order valence-electron chi connectivity index (χ0n) is 14.6. The maximum Gasteiger partial charge on any atom is 0.223 e. The normalized spacial score (nSPS) is 15.3. The number of ether oxygens (including phenoxy) is 2. The Hall–Kier alpha value is -1.71. The van der Waals surface area contributed by atoms with Crippen LogP contribution in [-0.4, -0.2) is 37.6 Å². The molecule has 1 fully saturated rings. The highest BCUT2D eigenvalue weighted by Crippen LogP contribution is 2.25. The van der Waals surface area contributed by atoms with Gasteiger partial charge in [-0.1, -0.05) is 19.3 Å². The second-order valence-electron chi connectivity index (χ2n) is 6.19. The molecule has 0 saturated heterocycles. The fourth-order valence-corrected chi connectivity index (χ4v) is 3.44. The van der Waals surface area contributed by atoms with Gasteiger partial charge in [-0.3, -0.25) is 4.79 Å². The van der Waals surface area contributed by atoms with E-state index in [4.69, 9.17) is 9.47 Å². The van der Waals surface area contributed by atoms with Gasteiger partial charge in [0, 0.05) is 25.1 Å². The van der Waals surface area contributed by atoms with Crippen molar-refractivity contribution >= 4 is 5.91 Å². The fourth-order valence-electron chi connectivity index (χ4n) is 3.44. The number of rotatable bonds is 7. The Kier molecular flexibility index (Phi) is 6.75. The van der Waals surface area contributed by atoms with Crippen LogP contribution in [-0.2, 0) is 11.2 Å². The molecule has 0 heterocycles. The molecule has 0 radical (unpaired) electrons. The summed E-state index contributed by atoms with van der Waals surface area (Å²) < 4.78 is 10.6. The van der Waals surface area contributed by atoms with E-state index in [0.717, 1.165) is 42.9 Å². The predicted octanol–water partition coefficient (Wildman–Crippen LogP) is 3.82. The summed E-state index contributed by atoms with van der Waals surface area (Å²) in [5.74, 6) is 1.80. The molecule has 1 aliphatic carbocycles. The van der Waals surface area contributed by atoms with Crippen molar-refractivity contribution in [3.8, 4) is 11.5 Å². The summed E-state index contributed by atoms with van der Waals surface area (Å²) in [5.41, 5.74) is 1.08. The van der Waals surface area contributed by atoms with Gasteiger partial charge in [-0.2, -0.15) is 0 Å². The molecule has 4 nitrogen and oxygen atoms in total. The van der Waals surface area contributed by atoms with Crippen LogP contribution in [0.15, 0.2) is 18.2 Å². The van der Waals surface area contributed by atoms with E-state index in [0.29, 0.717) is 12.5 Å². The average molecular weight is 319 g/mol. The van der Waals surface area contributed by atoms with Gasteiger partial charge in [0.1, 0.15) is 11.5 Å². The zero-order valence-corrected chi connectivity index (χ0v) is 14.6. The first-order valence-corrected chi connectivity index (χ1v) is 8.69. The summed E-state index contributed by atoms with van der Waals surface area (Å²) in [6.45, 7) is 2.89. The van der Waals surface area contributed by atoms with Crippen LogP contribution >= 0.6 is 0 Å². The number of hydrogen-bond donors (Lipinski definition) is 0. The first kappa shape index (κ1) is 17.6. The number of carbonyl (C=O) groups excluding carboxylic acids is 1. The van der Waals surface area contributed by atoms with Crippen LogP contribution in [0.5, 0.6) is 11.5 Å². The molecule has 0 N–H and O–H groups in total. The minimum atomic E-state index is 0.265. The van der Waals surface area contributed by atoms with Gasteiger partial charge in [-0.15, -0.1) is 0 Å². The number of nitrogens with zero attached hydrogens (tertiary/aromatic N) is 1. The molecule has 128 valence electrons. The van der Waals surface area contributed by atoms with Gasteiger partial charge < -0.3 is 14.4 Å². The molecule has 0 aromatic heterocycles. The molecule has 1 aromatic rings. The molecule has 23 heavy (non-hydrogen) atoms. The summed E-state index contributed by atoms with van der Waals surface area (Å²) in [5, 5.41) is 0. The van der Waals surface area contributed by atoms with E-state index in [1.807, 2.05) is 18.2 Å². The molecular weight excluding hydrogens is 290 g/mol. The van der Waals surface area contributed by atoms with Crippen LogP contribution < -0.4 is 9.47 Å². The topological polar surface area (TPSA) is 38.8 Å². The third-order valence-corrected chi connectivity index (χ3v) is 4.72. The highest BCUT2D eigenvalue weighted by Gasteiger charge is 2.23. The van der Waals surface area contributed by atoms with E-state index < -0.39 is 0 Å². The lowest BCUT2D eigenvalue weighted by Crippen LogP contribution is -2.41. The Morgan fingerprint density at radius 1 is 1.09 bits per heavy atom. The first-order chi connectivity index (χ1) is 11.2. The number of methoxy groups -OCH3 is 2. The summed E-state index contributed by atoms with van der Waals surface area (Å²) in [6.07, 6.45) is 7.39. The van der Waals surface area contributed by atoms with Gasteiger partial charge in [0.05, 0.1) is 14.2 Å². The van der Waals surface area contributed by atoms with E-state index >= 15 is 0 Å². The van der Waals surface area contributed by atoms with E-state index in [1.54, 1.807) is 14.2 Å². The average Bonchev–Trinajstić information content (AvgIpc) is 2.61. The molecule has 4 heteroatoms. The highest BCUT2D eigenvalue weighted by atomic mass is 16.5. The maximum atomic E-state index is 12.6. The third-order valence-electron chi connectivity index (χ3n) is 4.72. The van der Waals surface area contributed by atoms with E-state index in [2.05, 4.69) is 11.8 Å². The lowest BCUT2D eigenvalue weighted by Gasteiger charge is -2.33. The van der Waals surface area contributed by atoms with Crippen molar-refractivity contribution in [1.82, 2.24) is 4.90 Å². The molecule has 2 rings (SSSR count). The van der Waals surface area contributed by atoms with Crippen LogP contribution in [0.3, 0.4) is 0 Å². The third kappa shape index (κ3) is 4.88. The van der Waals surface area contributed by atoms with Crippen molar-refractivity contribution in [3.05, 3.63) is 23.8 Å². The lowest BCUT2D eigenvalue weighted by molar-refractivity contribution is -0.133. The molecule has 1 saturated carbocycles. The van der Waals surface area contributed by atoms with Gasteiger partial charge in [-0.05, 0) is 43.9 Å². The van der Waals surface area contributed by atoms with Crippen LogP contribution in [0.25, 0.3) is 0 Å². The Balaban J connectivity index is 1.97. The van der Waals surface area contributed by atoms with Crippen molar-refractivity contribution in [1.29, 1.82) is 0 Å². The molecule has 0 bridgehead atoms. The van der Waals surface area contributed by atoms with E-state index in [-0.39, 0.29) is 5.91 Å². The zero-order chi connectivity index (χ0) is 16.7. The smallest absolute Gasteiger partial charge is 0.223 e. The van der Waals surface area contributed by atoms with Gasteiger partial charge in [0.15, 0.2) is 0 Å². The maximum absolute atomic E-state index is 12.6. The van der Waals surface area contributed by atoms with Crippen molar-refractivity contribution in [3.63, 3.8) is 0 Å². The van der Waals surface area contributed by atoms with Gasteiger partial charge >= 0.3 is 0 Å². The minimum Gasteiger partial charge on any atom is -0.497 e. The van der Waals surface area contributed by atoms with Gasteiger partial charge in [0.25, 0.3) is 0 Å². The second kappa shape index (κ2) is 8.80. The molecule has 0 unspecified atom stereocenters. The van der Waals surface area contributed by atoms with Crippen LogP contribution in [0, 0.1) is 0 Å². The number of carbonyl (C=O) groups is 1. The monoisotopic (exact) mass is 319 g/mol. The van der Waals surface area contributed by atoms with E-state index in [1.165, 1.54) is 19.3 Å². The second-order valence-corrected chi connectivity index (χ2v) is 6.19. The van der Waals surface area contributed by atoms with Gasteiger partial charge in [-0.25, -0.2) is 0 Å². The summed E-state index contributed by atoms with van der Waals surface area (Å²) >= 11 is 0. The molecule has 0 atom stereocenters. The number of hydrogen-bond acceptors (Lipinski definition) is 3. The predicted molar refractivity (Wildman–Crippen MR) is 92.1 cm³/mol.